The Labute approximate surface area is 87.5 Å². The third kappa shape index (κ3) is 6.64. The molecule has 0 heterocycles. The van der Waals surface area contributed by atoms with Gasteiger partial charge in [0.05, 0.1) is 7.11 Å². The van der Waals surface area contributed by atoms with Crippen molar-refractivity contribution < 1.29 is 9.53 Å². The first-order valence-electron chi connectivity index (χ1n) is 4.14. The van der Waals surface area contributed by atoms with Gasteiger partial charge in [-0.25, -0.2) is 4.79 Å². The van der Waals surface area contributed by atoms with Crippen molar-refractivity contribution in [3.63, 3.8) is 0 Å². The molecule has 0 saturated heterocycles. The summed E-state index contributed by atoms with van der Waals surface area (Å²) in [5.41, 5.74) is 0. The second-order valence-electron chi connectivity index (χ2n) is 2.57. The monoisotopic (exact) mass is 282 g/mol. The van der Waals surface area contributed by atoms with Gasteiger partial charge in [-0.1, -0.05) is 19.8 Å². The first-order chi connectivity index (χ1) is 5.70. The number of allylic oxidation sites excluding steroid dienone is 1. The van der Waals surface area contributed by atoms with Gasteiger partial charge in [0.25, 0.3) is 0 Å². The Hall–Kier alpha value is -0.0600. The van der Waals surface area contributed by atoms with Crippen LogP contribution in [0.15, 0.2) is 9.66 Å². The molecule has 0 aliphatic carbocycles. The fourth-order valence-electron chi connectivity index (χ4n) is 0.803. The summed E-state index contributed by atoms with van der Waals surface area (Å²) in [5, 5.41) is 0. The molecule has 0 aliphatic heterocycles. The minimum Gasteiger partial charge on any atom is -0.466 e. The molecule has 0 radical (unpaired) electrons. The van der Waals surface area contributed by atoms with Crippen molar-refractivity contribution in [3.8, 4) is 0 Å². The minimum atomic E-state index is -0.254. The Morgan fingerprint density at radius 3 is 2.67 bits per heavy atom. The summed E-state index contributed by atoms with van der Waals surface area (Å²) in [6, 6.07) is 0. The van der Waals surface area contributed by atoms with Gasteiger partial charge in [-0.05, 0) is 39.0 Å². The van der Waals surface area contributed by atoms with Crippen LogP contribution >= 0.6 is 22.6 Å². The Morgan fingerprint density at radius 2 is 2.17 bits per heavy atom. The third-order valence-electron chi connectivity index (χ3n) is 1.49. The van der Waals surface area contributed by atoms with Crippen LogP contribution in [0.2, 0.25) is 0 Å². The predicted octanol–water partition coefficient (Wildman–Crippen LogP) is 3.06. The highest BCUT2D eigenvalue weighted by molar-refractivity contribution is 14.1. The van der Waals surface area contributed by atoms with Crippen molar-refractivity contribution in [1.82, 2.24) is 0 Å². The molecule has 0 spiro atoms. The zero-order valence-corrected chi connectivity index (χ0v) is 9.76. The van der Waals surface area contributed by atoms with Crippen LogP contribution in [-0.2, 0) is 9.53 Å². The molecule has 0 saturated carbocycles. The highest BCUT2D eigenvalue weighted by atomic mass is 127. The van der Waals surface area contributed by atoms with Crippen molar-refractivity contribution in [3.05, 3.63) is 9.66 Å². The number of carbonyl (C=O) groups excluding carboxylic acids is 1. The number of ether oxygens (including phenoxy) is 1. The number of carbonyl (C=O) groups is 1. The predicted molar refractivity (Wildman–Crippen MR) is 58.3 cm³/mol. The molecule has 0 N–H and O–H groups in total. The minimum absolute atomic E-state index is 0.254. The van der Waals surface area contributed by atoms with E-state index in [1.807, 2.05) is 0 Å². The van der Waals surface area contributed by atoms with E-state index in [2.05, 4.69) is 34.3 Å². The number of hydrogen-bond donors (Lipinski definition) is 0. The zero-order valence-electron chi connectivity index (χ0n) is 7.60. The van der Waals surface area contributed by atoms with E-state index in [0.29, 0.717) is 0 Å². The second kappa shape index (κ2) is 7.58. The molecule has 0 aromatic carbocycles. The van der Waals surface area contributed by atoms with Crippen molar-refractivity contribution in [1.29, 1.82) is 0 Å². The quantitative estimate of drug-likeness (QED) is 0.335. The molecule has 0 atom stereocenters. The third-order valence-corrected chi connectivity index (χ3v) is 2.35. The average molecular weight is 282 g/mol. The maximum Gasteiger partial charge on any atom is 0.331 e. The Bertz CT molecular complexity index is 164. The number of halogens is 1. The molecule has 3 heteroatoms. The summed E-state index contributed by atoms with van der Waals surface area (Å²) < 4.78 is 5.58. The summed E-state index contributed by atoms with van der Waals surface area (Å²) in [4.78, 5) is 10.8. The van der Waals surface area contributed by atoms with Gasteiger partial charge >= 0.3 is 5.97 Å². The molecule has 70 valence electrons. The first kappa shape index (κ1) is 11.9. The molecule has 0 bridgehead atoms. The molecular formula is C9H15IO2. The molecule has 0 aromatic rings. The summed E-state index contributed by atoms with van der Waals surface area (Å²) in [7, 11) is 1.40. The number of methoxy groups -OCH3 is 1. The molecule has 0 fully saturated rings. The van der Waals surface area contributed by atoms with Crippen LogP contribution in [0.3, 0.4) is 0 Å². The van der Waals surface area contributed by atoms with E-state index in [4.69, 9.17) is 0 Å². The highest BCUT2D eigenvalue weighted by Crippen LogP contribution is 2.15. The molecule has 0 unspecified atom stereocenters. The summed E-state index contributed by atoms with van der Waals surface area (Å²) >= 11 is 2.18. The van der Waals surface area contributed by atoms with E-state index in [0.717, 1.165) is 16.4 Å². The van der Waals surface area contributed by atoms with Crippen LogP contribution in [0.4, 0.5) is 0 Å². The number of hydrogen-bond acceptors (Lipinski definition) is 2. The van der Waals surface area contributed by atoms with E-state index < -0.39 is 0 Å². The van der Waals surface area contributed by atoms with Gasteiger partial charge in [-0.15, -0.1) is 0 Å². The first-order valence-corrected chi connectivity index (χ1v) is 5.22. The summed E-state index contributed by atoms with van der Waals surface area (Å²) in [5.74, 6) is -0.254. The van der Waals surface area contributed by atoms with E-state index in [9.17, 15) is 4.79 Å². The lowest BCUT2D eigenvalue weighted by Crippen LogP contribution is -1.94. The van der Waals surface area contributed by atoms with Crippen LogP contribution in [0.1, 0.15) is 32.6 Å². The van der Waals surface area contributed by atoms with Crippen molar-refractivity contribution in [2.75, 3.05) is 7.11 Å². The maximum absolute atomic E-state index is 10.8. The van der Waals surface area contributed by atoms with Crippen LogP contribution in [0, 0.1) is 0 Å². The summed E-state index contributed by atoms with van der Waals surface area (Å²) in [6.07, 6.45) is 6.13. The fraction of sp³-hybridized carbons (Fsp3) is 0.667. The molecule has 2 nitrogen and oxygen atoms in total. The van der Waals surface area contributed by atoms with Gasteiger partial charge in [-0.2, -0.15) is 0 Å². The van der Waals surface area contributed by atoms with Crippen LogP contribution < -0.4 is 0 Å². The second-order valence-corrected chi connectivity index (χ2v) is 3.96. The largest absolute Gasteiger partial charge is 0.466 e. The van der Waals surface area contributed by atoms with E-state index >= 15 is 0 Å². The fourth-order valence-corrected chi connectivity index (χ4v) is 1.44. The van der Waals surface area contributed by atoms with E-state index in [1.165, 1.54) is 20.0 Å². The Balaban J connectivity index is 3.62. The molecule has 12 heavy (non-hydrogen) atoms. The van der Waals surface area contributed by atoms with Crippen molar-refractivity contribution in [2.45, 2.75) is 32.6 Å². The highest BCUT2D eigenvalue weighted by Gasteiger charge is 1.97. The van der Waals surface area contributed by atoms with Crippen LogP contribution in [0.5, 0.6) is 0 Å². The maximum atomic E-state index is 10.8. The molecule has 0 aromatic heterocycles. The molecule has 0 rings (SSSR count). The average Bonchev–Trinajstić information content (AvgIpc) is 2.05. The van der Waals surface area contributed by atoms with Gasteiger partial charge in [0, 0.05) is 6.08 Å². The molecular weight excluding hydrogens is 267 g/mol. The van der Waals surface area contributed by atoms with E-state index in [1.54, 1.807) is 6.08 Å². The SMILES string of the molecule is CCCCCC(I)=CC(=O)OC. The zero-order chi connectivity index (χ0) is 9.40. The topological polar surface area (TPSA) is 26.3 Å². The van der Waals surface area contributed by atoms with Crippen LogP contribution in [-0.4, -0.2) is 13.1 Å². The molecule has 0 aliphatic rings. The Kier molecular flexibility index (Phi) is 7.54. The lowest BCUT2D eigenvalue weighted by molar-refractivity contribution is -0.134. The number of esters is 1. The van der Waals surface area contributed by atoms with Gasteiger partial charge in [-0.3, -0.25) is 0 Å². The lowest BCUT2D eigenvalue weighted by atomic mass is 10.2. The lowest BCUT2D eigenvalue weighted by Gasteiger charge is -1.97. The number of unbranched alkanes of at least 4 members (excludes halogenated alkanes) is 2. The molecule has 0 amide bonds. The van der Waals surface area contributed by atoms with Crippen molar-refractivity contribution in [2.24, 2.45) is 0 Å². The van der Waals surface area contributed by atoms with Gasteiger partial charge in [0.2, 0.25) is 0 Å². The number of rotatable bonds is 5. The van der Waals surface area contributed by atoms with Gasteiger partial charge in [0.15, 0.2) is 0 Å². The van der Waals surface area contributed by atoms with Crippen molar-refractivity contribution >= 4 is 28.6 Å². The standard InChI is InChI=1S/C9H15IO2/c1-3-4-5-6-8(10)7-9(11)12-2/h7H,3-6H2,1-2H3. The summed E-state index contributed by atoms with van der Waals surface area (Å²) in [6.45, 7) is 2.16. The van der Waals surface area contributed by atoms with E-state index in [-0.39, 0.29) is 5.97 Å². The normalized spacial score (nSPS) is 11.4. The smallest absolute Gasteiger partial charge is 0.331 e. The Morgan fingerprint density at radius 1 is 1.50 bits per heavy atom. The van der Waals surface area contributed by atoms with Gasteiger partial charge in [0.1, 0.15) is 0 Å². The van der Waals surface area contributed by atoms with Gasteiger partial charge < -0.3 is 4.74 Å². The van der Waals surface area contributed by atoms with Crippen LogP contribution in [0.25, 0.3) is 0 Å².